The Morgan fingerprint density at radius 1 is 0.769 bits per heavy atom. The summed E-state index contributed by atoms with van der Waals surface area (Å²) in [5.41, 5.74) is 19.4. The summed E-state index contributed by atoms with van der Waals surface area (Å²) in [7, 11) is 0. The lowest BCUT2D eigenvalue weighted by Crippen LogP contribution is -2.15. The molecule has 0 saturated carbocycles. The number of carbonyl (C=O) groups excluding carboxylic acids is 1. The summed E-state index contributed by atoms with van der Waals surface area (Å²) < 4.78 is 88.6. The fourth-order valence-electron chi connectivity index (χ4n) is 4.28. The molecule has 0 radical (unpaired) electrons. The molecule has 1 aromatic heterocycles. The van der Waals surface area contributed by atoms with Gasteiger partial charge in [-0.1, -0.05) is 46.7 Å². The van der Waals surface area contributed by atoms with E-state index in [2.05, 4.69) is 29.3 Å². The Morgan fingerprint density at radius 3 is 1.62 bits per heavy atom. The number of nitrogen functional groups attached to an aromatic ring is 2. The van der Waals surface area contributed by atoms with E-state index in [0.717, 1.165) is 24.3 Å². The number of aromatic amines is 1. The van der Waals surface area contributed by atoms with Crippen molar-refractivity contribution in [3.8, 4) is 33.6 Å². The molecule has 0 amide bonds. The fourth-order valence-corrected chi connectivity index (χ4v) is 4.28. The molecule has 276 valence electrons. The summed E-state index contributed by atoms with van der Waals surface area (Å²) in [6.07, 6.45) is -9.35. The van der Waals surface area contributed by atoms with Crippen molar-refractivity contribution in [2.24, 2.45) is 10.9 Å². The maximum absolute atomic E-state index is 12.6. The van der Waals surface area contributed by atoms with Gasteiger partial charge < -0.3 is 31.9 Å². The maximum Gasteiger partial charge on any atom is 0.508 e. The van der Waals surface area contributed by atoms with Crippen molar-refractivity contribution in [1.29, 1.82) is 0 Å². The quantitative estimate of drug-likeness (QED) is 0.0221. The number of nitrogens with two attached hydrogens (primary N) is 3. The molecule has 0 aliphatic carbocycles. The summed E-state index contributed by atoms with van der Waals surface area (Å²) >= 11 is 0. The van der Waals surface area contributed by atoms with E-state index in [4.69, 9.17) is 22.4 Å². The highest BCUT2D eigenvalue weighted by atomic mass is 19.4. The lowest BCUT2D eigenvalue weighted by molar-refractivity contribution is -0.138. The zero-order chi connectivity index (χ0) is 38.6. The standard InChI is InChI=1S/C15H10F3N3O2.C14H12F3N3O.C5H10O3/c16-15(17,18)10-4-1-8(2-5-10)9-3-6-12(19)11(7-9)13-20-14(22)23-21-13;15-14(16,17)10-4-1-8(2-5-10)9-3-6-12(18)11(7-9)13(19)20-21;1-3-7-5(6)8-4-2/h1-7H,19H2,(H,20,21,22);1-7,21H,18H2,(H2,19,20);3-4H2,1-2H3. The summed E-state index contributed by atoms with van der Waals surface area (Å²) in [5, 5.41) is 15.1. The lowest BCUT2D eigenvalue weighted by atomic mass is 10.0. The van der Waals surface area contributed by atoms with Crippen LogP contribution >= 0.6 is 0 Å². The summed E-state index contributed by atoms with van der Waals surface area (Å²) in [6.45, 7) is 4.21. The molecular formula is C34H32F6N6O6. The van der Waals surface area contributed by atoms with Gasteiger partial charge in [-0.15, -0.1) is 0 Å². The van der Waals surface area contributed by atoms with Crippen molar-refractivity contribution in [2.45, 2.75) is 26.2 Å². The molecule has 52 heavy (non-hydrogen) atoms. The second-order valence-corrected chi connectivity index (χ2v) is 10.3. The molecule has 0 aliphatic rings. The van der Waals surface area contributed by atoms with E-state index < -0.39 is 35.4 Å². The monoisotopic (exact) mass is 734 g/mol. The number of nitrogens with one attached hydrogen (secondary N) is 1. The number of halogens is 6. The van der Waals surface area contributed by atoms with Crippen LogP contribution in [0.3, 0.4) is 0 Å². The van der Waals surface area contributed by atoms with Crippen LogP contribution in [0, 0.1) is 0 Å². The van der Waals surface area contributed by atoms with Crippen LogP contribution in [-0.4, -0.2) is 40.6 Å². The molecule has 4 aromatic carbocycles. The van der Waals surface area contributed by atoms with E-state index >= 15 is 0 Å². The number of oxime groups is 1. The summed E-state index contributed by atoms with van der Waals surface area (Å²) in [4.78, 5) is 23.6. The molecule has 1 heterocycles. The Morgan fingerprint density at radius 2 is 1.21 bits per heavy atom. The Kier molecular flexibility index (Phi) is 13.4. The van der Waals surface area contributed by atoms with Crippen LogP contribution in [0.1, 0.15) is 30.5 Å². The van der Waals surface area contributed by atoms with E-state index in [-0.39, 0.29) is 11.7 Å². The van der Waals surface area contributed by atoms with Gasteiger partial charge in [0.2, 0.25) is 0 Å². The first-order valence-corrected chi connectivity index (χ1v) is 15.0. The fraction of sp³-hybridized carbons (Fsp3) is 0.176. The number of benzene rings is 4. The van der Waals surface area contributed by atoms with Gasteiger partial charge in [0.15, 0.2) is 11.7 Å². The molecule has 5 rings (SSSR count). The van der Waals surface area contributed by atoms with Crippen molar-refractivity contribution < 1.29 is 50.3 Å². The summed E-state index contributed by atoms with van der Waals surface area (Å²) in [5.74, 6) is -0.734. The SMILES string of the molecule is CCOC(=O)OCC.N/C(=N\O)c1cc(-c2ccc(C(F)(F)F)cc2)ccc1N.Nc1ccc(-c2ccc(C(F)(F)F)cc2)cc1-c1noc(=O)[nH]1. The number of carbonyl (C=O) groups is 1. The van der Waals surface area contributed by atoms with Crippen molar-refractivity contribution in [1.82, 2.24) is 10.1 Å². The zero-order valence-electron chi connectivity index (χ0n) is 27.4. The number of anilines is 2. The van der Waals surface area contributed by atoms with Gasteiger partial charge in [0, 0.05) is 22.5 Å². The number of H-pyrrole nitrogens is 1. The Hall–Kier alpha value is -6.46. The Bertz CT molecular complexity index is 2020. The van der Waals surface area contributed by atoms with Crippen LogP contribution in [0.4, 0.5) is 42.5 Å². The Labute approximate surface area is 291 Å². The van der Waals surface area contributed by atoms with Gasteiger partial charge in [-0.3, -0.25) is 9.51 Å². The van der Waals surface area contributed by atoms with E-state index in [0.29, 0.717) is 58.0 Å². The van der Waals surface area contributed by atoms with Crippen LogP contribution in [0.5, 0.6) is 0 Å². The Balaban J connectivity index is 0.000000234. The zero-order valence-corrected chi connectivity index (χ0v) is 27.4. The third-order valence-corrected chi connectivity index (χ3v) is 6.80. The number of aromatic nitrogens is 2. The number of alkyl halides is 6. The highest BCUT2D eigenvalue weighted by molar-refractivity contribution is 6.02. The molecular weight excluding hydrogens is 702 g/mol. The number of hydrogen-bond acceptors (Lipinski definition) is 10. The van der Waals surface area contributed by atoms with E-state index in [9.17, 15) is 35.9 Å². The molecule has 5 aromatic rings. The van der Waals surface area contributed by atoms with Crippen molar-refractivity contribution >= 4 is 23.4 Å². The van der Waals surface area contributed by atoms with Gasteiger partial charge in [0.1, 0.15) is 0 Å². The minimum atomic E-state index is -4.38. The minimum absolute atomic E-state index is 0.154. The number of nitrogens with zero attached hydrogens (tertiary/aromatic N) is 2. The minimum Gasteiger partial charge on any atom is -0.435 e. The van der Waals surface area contributed by atoms with Gasteiger partial charge in [0.25, 0.3) is 0 Å². The van der Waals surface area contributed by atoms with E-state index in [1.165, 1.54) is 24.3 Å². The van der Waals surface area contributed by atoms with Crippen LogP contribution < -0.4 is 23.0 Å². The number of ether oxygens (including phenoxy) is 2. The molecule has 0 spiro atoms. The van der Waals surface area contributed by atoms with Crippen molar-refractivity contribution in [2.75, 3.05) is 24.7 Å². The number of hydrogen-bond donors (Lipinski definition) is 5. The molecule has 0 aliphatic heterocycles. The van der Waals surface area contributed by atoms with E-state index in [1.807, 2.05) is 0 Å². The first-order valence-electron chi connectivity index (χ1n) is 15.0. The molecule has 0 fully saturated rings. The van der Waals surface area contributed by atoms with E-state index in [1.54, 1.807) is 50.2 Å². The highest BCUT2D eigenvalue weighted by Gasteiger charge is 2.30. The average molecular weight is 735 g/mol. The summed E-state index contributed by atoms with van der Waals surface area (Å²) in [6, 6.07) is 19.0. The number of rotatable bonds is 6. The van der Waals surface area contributed by atoms with Gasteiger partial charge >= 0.3 is 24.3 Å². The molecule has 18 heteroatoms. The maximum atomic E-state index is 12.6. The van der Waals surface area contributed by atoms with Crippen LogP contribution in [0.15, 0.2) is 99.4 Å². The lowest BCUT2D eigenvalue weighted by Gasteiger charge is -2.10. The first kappa shape index (κ1) is 40.0. The normalized spacial score (nSPS) is 11.4. The van der Waals surface area contributed by atoms with Crippen LogP contribution in [-0.2, 0) is 21.8 Å². The molecule has 8 N–H and O–H groups in total. The smallest absolute Gasteiger partial charge is 0.435 e. The first-order chi connectivity index (χ1) is 24.5. The topological polar surface area (TPSA) is 205 Å². The third kappa shape index (κ3) is 11.0. The van der Waals surface area contributed by atoms with Gasteiger partial charge in [-0.25, -0.2) is 9.59 Å². The molecule has 0 unspecified atom stereocenters. The van der Waals surface area contributed by atoms with Crippen LogP contribution in [0.25, 0.3) is 33.6 Å². The molecule has 0 atom stereocenters. The average Bonchev–Trinajstić information content (AvgIpc) is 3.54. The second kappa shape index (κ2) is 17.5. The van der Waals surface area contributed by atoms with Crippen LogP contribution in [0.2, 0.25) is 0 Å². The predicted octanol–water partition coefficient (Wildman–Crippen LogP) is 7.53. The number of amidine groups is 1. The molecule has 0 saturated heterocycles. The van der Waals surface area contributed by atoms with Gasteiger partial charge in [-0.05, 0) is 84.6 Å². The van der Waals surface area contributed by atoms with Crippen molar-refractivity contribution in [3.63, 3.8) is 0 Å². The van der Waals surface area contributed by atoms with Gasteiger partial charge in [0.05, 0.1) is 24.3 Å². The molecule has 12 nitrogen and oxygen atoms in total. The van der Waals surface area contributed by atoms with Gasteiger partial charge in [-0.2, -0.15) is 26.3 Å². The highest BCUT2D eigenvalue weighted by Crippen LogP contribution is 2.34. The van der Waals surface area contributed by atoms with Crippen molar-refractivity contribution in [3.05, 3.63) is 112 Å². The predicted molar refractivity (Wildman–Crippen MR) is 180 cm³/mol. The third-order valence-electron chi connectivity index (χ3n) is 6.80. The molecule has 0 bridgehead atoms. The largest absolute Gasteiger partial charge is 0.508 e. The second-order valence-electron chi connectivity index (χ2n) is 10.3.